The topological polar surface area (TPSA) is 77.0 Å². The van der Waals surface area contributed by atoms with E-state index in [1.807, 2.05) is 24.1 Å². The van der Waals surface area contributed by atoms with E-state index in [2.05, 4.69) is 17.6 Å². The van der Waals surface area contributed by atoms with Crippen LogP contribution in [-0.4, -0.2) is 64.4 Å². The number of nitrogens with zero attached hydrogens (tertiary/aromatic N) is 4. The molecule has 1 atom stereocenters. The minimum absolute atomic E-state index is 0.200. The zero-order valence-corrected chi connectivity index (χ0v) is 22.4. The van der Waals surface area contributed by atoms with Crippen molar-refractivity contribution in [3.63, 3.8) is 0 Å². The van der Waals surface area contributed by atoms with Crippen LogP contribution in [0.15, 0.2) is 60.5 Å². The molecule has 0 bridgehead atoms. The van der Waals surface area contributed by atoms with Gasteiger partial charge in [-0.15, -0.1) is 0 Å². The van der Waals surface area contributed by atoms with Crippen molar-refractivity contribution < 1.29 is 23.5 Å². The molecule has 2 aromatic rings. The van der Waals surface area contributed by atoms with Crippen molar-refractivity contribution in [2.45, 2.75) is 56.9 Å². The summed E-state index contributed by atoms with van der Waals surface area (Å²) in [6.45, 7) is 5.60. The summed E-state index contributed by atoms with van der Waals surface area (Å²) in [7, 11) is 1.92. The van der Waals surface area contributed by atoms with Crippen LogP contribution in [0.3, 0.4) is 0 Å². The van der Waals surface area contributed by atoms with Gasteiger partial charge in [0.15, 0.2) is 0 Å². The van der Waals surface area contributed by atoms with E-state index < -0.39 is 17.7 Å². The number of benzene rings is 1. The highest BCUT2D eigenvalue weighted by Gasteiger charge is 2.38. The molecule has 1 aromatic heterocycles. The number of hydrogen-bond acceptors (Lipinski definition) is 5. The fraction of sp³-hybridized carbons (Fsp3) is 0.433. The molecule has 1 saturated heterocycles. The molecule has 1 unspecified atom stereocenters. The molecule has 9 heteroatoms. The van der Waals surface area contributed by atoms with Crippen molar-refractivity contribution in [3.8, 4) is 5.75 Å². The van der Waals surface area contributed by atoms with E-state index in [-0.39, 0.29) is 23.1 Å². The molecular formula is C30H34F2N4O3. The molecule has 39 heavy (non-hydrogen) atoms. The Bertz CT molecular complexity index is 1310. The van der Waals surface area contributed by atoms with E-state index >= 15 is 0 Å². The third-order valence-electron chi connectivity index (χ3n) is 8.03. The Balaban J connectivity index is 1.49. The summed E-state index contributed by atoms with van der Waals surface area (Å²) in [6, 6.07) is 8.02. The van der Waals surface area contributed by atoms with E-state index in [9.17, 15) is 23.5 Å². The zero-order valence-electron chi connectivity index (χ0n) is 22.4. The number of phenolic OH excluding ortho intramolecular Hbond substituents is 1. The van der Waals surface area contributed by atoms with Gasteiger partial charge in [-0.25, -0.2) is 0 Å². The maximum absolute atomic E-state index is 13.7. The summed E-state index contributed by atoms with van der Waals surface area (Å²) in [4.78, 5) is 35.6. The third kappa shape index (κ3) is 5.40. The van der Waals surface area contributed by atoms with Gasteiger partial charge in [0.2, 0.25) is 5.91 Å². The monoisotopic (exact) mass is 536 g/mol. The van der Waals surface area contributed by atoms with Crippen molar-refractivity contribution >= 4 is 17.5 Å². The first kappa shape index (κ1) is 26.8. The molecule has 1 aliphatic carbocycles. The molecule has 2 aliphatic heterocycles. The molecule has 206 valence electrons. The molecule has 0 spiro atoms. The van der Waals surface area contributed by atoms with Gasteiger partial charge >= 0.3 is 0 Å². The number of phenols is 1. The van der Waals surface area contributed by atoms with Gasteiger partial charge in [-0.05, 0) is 73.1 Å². The molecule has 1 N–H and O–H groups in total. The summed E-state index contributed by atoms with van der Waals surface area (Å²) < 4.78 is 27.4. The molecule has 5 rings (SSSR count). The van der Waals surface area contributed by atoms with Crippen LogP contribution in [0.5, 0.6) is 5.75 Å². The number of pyridine rings is 1. The number of likely N-dealkylation sites (tertiary alicyclic amines) is 1. The van der Waals surface area contributed by atoms with Gasteiger partial charge < -0.3 is 19.8 Å². The second kappa shape index (κ2) is 10.4. The number of rotatable bonds is 6. The Labute approximate surface area is 227 Å². The average molecular weight is 537 g/mol. The number of anilines is 1. The number of carbonyl (C=O) groups excluding carboxylic acids is 2. The van der Waals surface area contributed by atoms with Gasteiger partial charge in [-0.2, -0.15) is 8.78 Å². The lowest BCUT2D eigenvalue weighted by molar-refractivity contribution is -0.126. The molecule has 2 fully saturated rings. The molecule has 1 aromatic carbocycles. The summed E-state index contributed by atoms with van der Waals surface area (Å²) in [5.74, 6) is -2.87. The second-order valence-corrected chi connectivity index (χ2v) is 10.7. The zero-order chi connectivity index (χ0) is 27.9. The maximum Gasteiger partial charge on any atom is 0.286 e. The number of carbonyl (C=O) groups is 2. The van der Waals surface area contributed by atoms with Crippen LogP contribution in [0, 0.1) is 0 Å². The van der Waals surface area contributed by atoms with Crippen molar-refractivity contribution in [2.75, 3.05) is 31.6 Å². The number of fused-ring (bicyclic) bond motifs is 1. The van der Waals surface area contributed by atoms with Crippen molar-refractivity contribution in [1.82, 2.24) is 14.8 Å². The van der Waals surface area contributed by atoms with Crippen LogP contribution in [0.25, 0.3) is 0 Å². The van der Waals surface area contributed by atoms with E-state index in [1.165, 1.54) is 24.4 Å². The van der Waals surface area contributed by atoms with Crippen LogP contribution in [0.2, 0.25) is 0 Å². The first-order valence-corrected chi connectivity index (χ1v) is 13.4. The quantitative estimate of drug-likeness (QED) is 0.515. The first-order valence-electron chi connectivity index (χ1n) is 13.4. The van der Waals surface area contributed by atoms with Gasteiger partial charge in [0.1, 0.15) is 11.4 Å². The fourth-order valence-electron chi connectivity index (χ4n) is 5.74. The van der Waals surface area contributed by atoms with Gasteiger partial charge in [0.25, 0.3) is 11.8 Å². The number of halogens is 2. The molecule has 2 amide bonds. The van der Waals surface area contributed by atoms with Crippen molar-refractivity contribution in [3.05, 3.63) is 77.3 Å². The molecule has 3 aliphatic rings. The number of aromatic hydroxyl groups is 1. The Morgan fingerprint density at radius 3 is 2.56 bits per heavy atom. The molecule has 7 nitrogen and oxygen atoms in total. The standard InChI is InChI=1S/C30H34F2N4O3/c1-4-28(38)35-14-5-6-22-23(34(3)24-11-9-20(16-26(24)37)19-7-8-19)13-15-36(25(22)18-35)29(39)21-10-12-27(33-17-21)30(2,31)32/h4,9-12,16-17,19,25,37H,1,5-8,13-15,18H2,2-3H3. The highest BCUT2D eigenvalue weighted by Crippen LogP contribution is 2.44. The van der Waals surface area contributed by atoms with Crippen LogP contribution >= 0.6 is 0 Å². The van der Waals surface area contributed by atoms with Crippen LogP contribution < -0.4 is 4.90 Å². The fourth-order valence-corrected chi connectivity index (χ4v) is 5.74. The lowest BCUT2D eigenvalue weighted by atomic mass is 9.92. The lowest BCUT2D eigenvalue weighted by Crippen LogP contribution is -2.51. The molecule has 0 radical (unpaired) electrons. The van der Waals surface area contributed by atoms with Gasteiger partial charge in [-0.1, -0.05) is 12.6 Å². The number of amides is 2. The van der Waals surface area contributed by atoms with Gasteiger partial charge in [-0.3, -0.25) is 14.6 Å². The van der Waals surface area contributed by atoms with Gasteiger partial charge in [0.05, 0.1) is 17.3 Å². The maximum atomic E-state index is 13.7. The van der Waals surface area contributed by atoms with Crippen LogP contribution in [-0.2, 0) is 10.7 Å². The Hall–Kier alpha value is -3.75. The van der Waals surface area contributed by atoms with E-state index in [4.69, 9.17) is 0 Å². The molecule has 3 heterocycles. The van der Waals surface area contributed by atoms with Crippen LogP contribution in [0.1, 0.15) is 66.6 Å². The van der Waals surface area contributed by atoms with E-state index in [0.717, 1.165) is 43.0 Å². The molecular weight excluding hydrogens is 502 g/mol. The highest BCUT2D eigenvalue weighted by molar-refractivity contribution is 5.95. The predicted molar refractivity (Wildman–Crippen MR) is 145 cm³/mol. The largest absolute Gasteiger partial charge is 0.506 e. The first-order chi connectivity index (χ1) is 18.6. The average Bonchev–Trinajstić information content (AvgIpc) is 3.78. The molecule has 1 saturated carbocycles. The predicted octanol–water partition coefficient (Wildman–Crippen LogP) is 5.19. The smallest absolute Gasteiger partial charge is 0.286 e. The normalized spacial score (nSPS) is 19.8. The SMILES string of the molecule is C=CC(=O)N1CCCC2=C(N(C)c3ccc(C4CC4)cc3O)CCN(C(=O)c3ccc(C(C)(F)F)nc3)C2C1. The summed E-state index contributed by atoms with van der Waals surface area (Å²) in [6.07, 6.45) is 6.72. The third-order valence-corrected chi connectivity index (χ3v) is 8.03. The number of aromatic nitrogens is 1. The Morgan fingerprint density at radius 1 is 1.18 bits per heavy atom. The highest BCUT2D eigenvalue weighted by atomic mass is 19.3. The lowest BCUT2D eigenvalue weighted by Gasteiger charge is -2.42. The van der Waals surface area contributed by atoms with E-state index in [0.29, 0.717) is 44.1 Å². The van der Waals surface area contributed by atoms with Crippen molar-refractivity contribution in [1.29, 1.82) is 0 Å². The van der Waals surface area contributed by atoms with Crippen LogP contribution in [0.4, 0.5) is 14.5 Å². The Kier molecular flexibility index (Phi) is 7.18. The number of hydrogen-bond donors (Lipinski definition) is 1. The summed E-state index contributed by atoms with van der Waals surface area (Å²) in [5, 5.41) is 10.9. The summed E-state index contributed by atoms with van der Waals surface area (Å²) >= 11 is 0. The van der Waals surface area contributed by atoms with Gasteiger partial charge in [0, 0.05) is 51.9 Å². The minimum Gasteiger partial charge on any atom is -0.506 e. The Morgan fingerprint density at radius 2 is 1.95 bits per heavy atom. The summed E-state index contributed by atoms with van der Waals surface area (Å²) in [5.41, 5.74) is 3.72. The van der Waals surface area contributed by atoms with E-state index in [1.54, 1.807) is 9.80 Å². The number of alkyl halides is 2. The minimum atomic E-state index is -3.10. The van der Waals surface area contributed by atoms with Crippen molar-refractivity contribution in [2.24, 2.45) is 0 Å². The second-order valence-electron chi connectivity index (χ2n) is 10.7.